The summed E-state index contributed by atoms with van der Waals surface area (Å²) in [5, 5.41) is 0. The zero-order valence-corrected chi connectivity index (χ0v) is 32.3. The summed E-state index contributed by atoms with van der Waals surface area (Å²) in [6.45, 7) is 0.811. The Labute approximate surface area is 321 Å². The number of hydrogen-bond donors (Lipinski definition) is 1. The average Bonchev–Trinajstić information content (AvgIpc) is 4.03. The molecule has 0 bridgehead atoms. The van der Waals surface area contributed by atoms with E-state index in [1.54, 1.807) is 56.9 Å². The van der Waals surface area contributed by atoms with Crippen LogP contribution in [0.3, 0.4) is 0 Å². The first-order chi connectivity index (χ1) is 26.8. The van der Waals surface area contributed by atoms with Crippen molar-refractivity contribution in [2.24, 2.45) is 0 Å². The smallest absolute Gasteiger partial charge is 0.327 e. The molecule has 0 radical (unpaired) electrons. The summed E-state index contributed by atoms with van der Waals surface area (Å²) in [6, 6.07) is 34.0. The largest absolute Gasteiger partial charge is 0.497 e. The fraction of sp³-hybridized carbons (Fsp3) is 0.341. The number of nitrogens with zero attached hydrogens (tertiary/aromatic N) is 2. The Balaban J connectivity index is 1.12. The molecule has 55 heavy (non-hydrogen) atoms. The normalized spacial score (nSPS) is 24.2. The Hall–Kier alpha value is -4.33. The fourth-order valence-electron chi connectivity index (χ4n) is 7.86. The third-order valence-corrected chi connectivity index (χ3v) is 14.2. The van der Waals surface area contributed by atoms with Crippen molar-refractivity contribution in [3.8, 4) is 11.5 Å². The second-order valence-electron chi connectivity index (χ2n) is 13.8. The Kier molecular flexibility index (Phi) is 11.0. The average molecular weight is 786 g/mol. The van der Waals surface area contributed by atoms with Gasteiger partial charge in [-0.05, 0) is 65.9 Å². The van der Waals surface area contributed by atoms with Crippen LogP contribution in [0.1, 0.15) is 42.2 Å². The van der Waals surface area contributed by atoms with Gasteiger partial charge in [-0.2, -0.15) is 0 Å². The number of rotatable bonds is 14. The molecule has 0 aliphatic carbocycles. The summed E-state index contributed by atoms with van der Waals surface area (Å²) < 4.78 is 69.0. The van der Waals surface area contributed by atoms with E-state index in [-0.39, 0.29) is 29.0 Å². The number of aromatic nitrogens is 2. The van der Waals surface area contributed by atoms with Crippen molar-refractivity contribution >= 4 is 18.4 Å². The van der Waals surface area contributed by atoms with Crippen LogP contribution in [-0.2, 0) is 34.0 Å². The van der Waals surface area contributed by atoms with E-state index in [0.29, 0.717) is 17.9 Å². The van der Waals surface area contributed by atoms with Crippen LogP contribution < -0.4 is 15.2 Å². The molecule has 0 amide bonds. The molecule has 12 nitrogen and oxygen atoms in total. The molecule has 4 heterocycles. The van der Waals surface area contributed by atoms with E-state index in [4.69, 9.17) is 28.0 Å². The minimum atomic E-state index is -3.60. The lowest BCUT2D eigenvalue weighted by Gasteiger charge is -2.37. The van der Waals surface area contributed by atoms with Crippen LogP contribution in [0.5, 0.6) is 11.5 Å². The molecule has 0 unspecified atom stereocenters. The van der Waals surface area contributed by atoms with Gasteiger partial charge in [0, 0.05) is 31.4 Å². The summed E-state index contributed by atoms with van der Waals surface area (Å²) in [5.74, 6) is 1.28. The first-order valence-corrected chi connectivity index (χ1v) is 21.1. The van der Waals surface area contributed by atoms with Crippen LogP contribution in [0.2, 0.25) is 0 Å². The van der Waals surface area contributed by atoms with E-state index < -0.39 is 48.5 Å². The van der Waals surface area contributed by atoms with E-state index in [9.17, 15) is 13.2 Å². The van der Waals surface area contributed by atoms with E-state index >= 15 is 0 Å². The van der Waals surface area contributed by atoms with Crippen molar-refractivity contribution < 1.29 is 36.4 Å². The molecule has 0 saturated carbocycles. The predicted molar refractivity (Wildman–Crippen MR) is 207 cm³/mol. The third-order valence-electron chi connectivity index (χ3n) is 10.7. The summed E-state index contributed by atoms with van der Waals surface area (Å²) in [7, 11) is -1.97. The van der Waals surface area contributed by atoms with Gasteiger partial charge in [-0.3, -0.25) is 4.57 Å². The molecular formula is C41H44N3O9PS. The first kappa shape index (κ1) is 37.6. The van der Waals surface area contributed by atoms with Crippen LogP contribution in [0.4, 0.5) is 0 Å². The van der Waals surface area contributed by atoms with Gasteiger partial charge in [0.15, 0.2) is 9.84 Å². The lowest BCUT2D eigenvalue weighted by atomic mass is 9.80. The molecule has 3 saturated heterocycles. The van der Waals surface area contributed by atoms with E-state index in [2.05, 4.69) is 9.65 Å². The second kappa shape index (κ2) is 16.0. The summed E-state index contributed by atoms with van der Waals surface area (Å²) in [4.78, 5) is 15.8. The van der Waals surface area contributed by atoms with Crippen LogP contribution in [-0.4, -0.2) is 80.1 Å². The lowest BCUT2D eigenvalue weighted by molar-refractivity contribution is -0.0917. The molecule has 0 spiro atoms. The van der Waals surface area contributed by atoms with Crippen molar-refractivity contribution in [2.45, 2.75) is 60.3 Å². The number of aromatic amines is 1. The number of ether oxygens (including phenoxy) is 4. The van der Waals surface area contributed by atoms with Gasteiger partial charge in [0.05, 0.1) is 43.7 Å². The van der Waals surface area contributed by atoms with Crippen LogP contribution in [0.25, 0.3) is 0 Å². The zero-order valence-electron chi connectivity index (χ0n) is 30.6. The Morgan fingerprint density at radius 2 is 1.45 bits per heavy atom. The van der Waals surface area contributed by atoms with Crippen LogP contribution in [0.15, 0.2) is 131 Å². The highest BCUT2D eigenvalue weighted by Gasteiger charge is 2.51. The van der Waals surface area contributed by atoms with Gasteiger partial charge in [-0.15, -0.1) is 0 Å². The number of methoxy groups -OCH3 is 2. The molecule has 3 aliphatic heterocycles. The van der Waals surface area contributed by atoms with Crippen LogP contribution in [0, 0.1) is 0 Å². The number of hydrogen-bond acceptors (Lipinski definition) is 10. The Morgan fingerprint density at radius 1 is 0.836 bits per heavy atom. The van der Waals surface area contributed by atoms with Gasteiger partial charge in [0.2, 0.25) is 0 Å². The number of sulfone groups is 1. The molecule has 288 valence electrons. The molecule has 1 N–H and O–H groups in total. The van der Waals surface area contributed by atoms with Crippen molar-refractivity contribution in [1.29, 1.82) is 0 Å². The van der Waals surface area contributed by atoms with Crippen molar-refractivity contribution in [3.63, 3.8) is 0 Å². The predicted octanol–water partition coefficient (Wildman–Crippen LogP) is 6.44. The summed E-state index contributed by atoms with van der Waals surface area (Å²) in [6.07, 6.45) is 2.95. The fourth-order valence-corrected chi connectivity index (χ4v) is 11.4. The van der Waals surface area contributed by atoms with Gasteiger partial charge in [-0.1, -0.05) is 72.8 Å². The number of benzene rings is 4. The first-order valence-electron chi connectivity index (χ1n) is 18.4. The number of H-pyrrole nitrogens is 1. The Morgan fingerprint density at radius 3 is 2.05 bits per heavy atom. The zero-order chi connectivity index (χ0) is 38.0. The molecule has 6 atom stereocenters. The number of nitrogens with one attached hydrogen (secondary N) is 1. The van der Waals surface area contributed by atoms with Gasteiger partial charge in [0.1, 0.15) is 29.4 Å². The summed E-state index contributed by atoms with van der Waals surface area (Å²) >= 11 is 0. The molecule has 14 heteroatoms. The number of fused-ring (bicyclic) bond motifs is 1. The molecule has 5 aromatic rings. The maximum absolute atomic E-state index is 13.5. The number of imidazole rings is 1. The van der Waals surface area contributed by atoms with Gasteiger partial charge in [-0.25, -0.2) is 17.9 Å². The molecule has 3 aliphatic rings. The topological polar surface area (TPSA) is 131 Å². The van der Waals surface area contributed by atoms with Crippen molar-refractivity contribution in [3.05, 3.63) is 149 Å². The van der Waals surface area contributed by atoms with E-state index in [0.717, 1.165) is 36.1 Å². The minimum Gasteiger partial charge on any atom is -0.497 e. The maximum Gasteiger partial charge on any atom is 0.327 e. The molecule has 1 aromatic heterocycles. The van der Waals surface area contributed by atoms with Gasteiger partial charge < -0.3 is 33.0 Å². The third kappa shape index (κ3) is 7.50. The minimum absolute atomic E-state index is 0.0751. The highest BCUT2D eigenvalue weighted by atomic mass is 32.2. The molecular weight excluding hydrogens is 742 g/mol. The summed E-state index contributed by atoms with van der Waals surface area (Å²) in [5.41, 5.74) is 1.22. The maximum atomic E-state index is 13.5. The monoisotopic (exact) mass is 785 g/mol. The van der Waals surface area contributed by atoms with E-state index in [1.807, 2.05) is 78.9 Å². The van der Waals surface area contributed by atoms with Gasteiger partial charge in [0.25, 0.3) is 8.53 Å². The Bertz CT molecular complexity index is 2150. The molecule has 4 aromatic carbocycles. The van der Waals surface area contributed by atoms with Gasteiger partial charge >= 0.3 is 5.69 Å². The highest BCUT2D eigenvalue weighted by molar-refractivity contribution is 7.91. The second-order valence-corrected chi connectivity index (χ2v) is 17.3. The van der Waals surface area contributed by atoms with Crippen LogP contribution >= 0.6 is 8.53 Å². The SMILES string of the molecule is COc1ccc(C(OC[C@H]2O[C@@H](n3cc[nH]c3=O)C[C@@H]2O[P@@]2O[C@H](CS(=O)(=O)c3ccccc3)[C@@H]3CCCN32)(c2ccccc2)c2ccc(OC)cc2)cc1. The van der Waals surface area contributed by atoms with Crippen molar-refractivity contribution in [2.75, 3.05) is 33.1 Å². The quantitative estimate of drug-likeness (QED) is 0.0992. The molecule has 3 fully saturated rings. The highest BCUT2D eigenvalue weighted by Crippen LogP contribution is 2.58. The lowest BCUT2D eigenvalue weighted by Crippen LogP contribution is -2.38. The standard InChI is InChI=1S/C41H44N3O9PS/c1-48-32-19-15-30(16-20-32)41(29-10-5-3-6-11-29,31-17-21-33(49-2)22-18-31)50-27-37-36(26-39(51-37)43-25-23-42-40(43)45)52-54-44-24-9-14-35(44)38(53-54)28-55(46,47)34-12-7-4-8-13-34/h3-8,10-13,15-23,25,35-39H,9,14,24,26-28H2,1-2H3,(H,42,45)/t35-,36-,37+,38+,39+,54-/m0/s1. The molecule has 8 rings (SSSR count). The van der Waals surface area contributed by atoms with E-state index in [1.165, 1.54) is 4.57 Å². The van der Waals surface area contributed by atoms with Crippen molar-refractivity contribution in [1.82, 2.24) is 14.2 Å².